The first-order valence-electron chi connectivity index (χ1n) is 6.27. The van der Waals surface area contributed by atoms with Crippen LogP contribution in [0.1, 0.15) is 5.82 Å². The van der Waals surface area contributed by atoms with Crippen molar-refractivity contribution < 1.29 is 4.79 Å². The molecule has 0 spiro atoms. The first kappa shape index (κ1) is 12.4. The van der Waals surface area contributed by atoms with E-state index in [0.717, 1.165) is 23.4 Å². The van der Waals surface area contributed by atoms with Gasteiger partial charge in [-0.1, -0.05) is 11.6 Å². The highest BCUT2D eigenvalue weighted by molar-refractivity contribution is 6.31. The maximum absolute atomic E-state index is 11.7. The van der Waals surface area contributed by atoms with E-state index in [1.54, 1.807) is 0 Å². The lowest BCUT2D eigenvalue weighted by atomic mass is 10.1. The van der Waals surface area contributed by atoms with Gasteiger partial charge >= 0.3 is 0 Å². The minimum absolute atomic E-state index is 0.0383. The molecule has 0 aliphatic carbocycles. The Morgan fingerprint density at radius 1 is 1.47 bits per heavy atom. The lowest BCUT2D eigenvalue weighted by Crippen LogP contribution is -2.53. The van der Waals surface area contributed by atoms with Crippen LogP contribution in [0.15, 0.2) is 18.2 Å². The zero-order valence-corrected chi connectivity index (χ0v) is 11.4. The maximum atomic E-state index is 11.7. The zero-order valence-electron chi connectivity index (χ0n) is 10.6. The van der Waals surface area contributed by atoms with Crippen LogP contribution < -0.4 is 10.6 Å². The normalized spacial score (nSPS) is 19.7. The summed E-state index contributed by atoms with van der Waals surface area (Å²) < 4.78 is 1.99. The van der Waals surface area contributed by atoms with Crippen molar-refractivity contribution in [3.63, 3.8) is 0 Å². The third-order valence-corrected chi connectivity index (χ3v) is 3.69. The van der Waals surface area contributed by atoms with Crippen molar-refractivity contribution in [3.8, 4) is 0 Å². The van der Waals surface area contributed by atoms with Gasteiger partial charge in [-0.15, -0.1) is 0 Å². The van der Waals surface area contributed by atoms with Gasteiger partial charge in [0.15, 0.2) is 0 Å². The summed E-state index contributed by atoms with van der Waals surface area (Å²) in [6.07, 6.45) is 0.578. The number of fused-ring (bicyclic) bond motifs is 1. The molecule has 100 valence electrons. The average Bonchev–Trinajstić information content (AvgIpc) is 2.70. The first-order valence-corrected chi connectivity index (χ1v) is 6.65. The number of imidazole rings is 1. The Morgan fingerprint density at radius 2 is 2.32 bits per heavy atom. The number of benzene rings is 1. The molecule has 1 unspecified atom stereocenters. The number of carbonyl (C=O) groups excluding carboxylic acids is 1. The molecule has 1 aliphatic heterocycles. The largest absolute Gasteiger partial charge is 0.353 e. The molecule has 1 aromatic carbocycles. The van der Waals surface area contributed by atoms with Crippen LogP contribution in [0.2, 0.25) is 5.02 Å². The Bertz CT molecular complexity index is 637. The molecule has 1 saturated heterocycles. The lowest BCUT2D eigenvalue weighted by Gasteiger charge is -2.23. The van der Waals surface area contributed by atoms with E-state index in [1.165, 1.54) is 0 Å². The molecule has 0 radical (unpaired) electrons. The number of nitrogens with zero attached hydrogens (tertiary/aromatic N) is 2. The standard InChI is InChI=1S/C13H15ClN4O/c1-18-11-6-8(14)2-3-9(11)17-12(18)7-10-13(19)16-5-4-15-10/h2-3,6,10,15H,4-5,7H2,1H3,(H,16,19). The molecule has 2 N–H and O–H groups in total. The van der Waals surface area contributed by atoms with Gasteiger partial charge in [0.2, 0.25) is 5.91 Å². The summed E-state index contributed by atoms with van der Waals surface area (Å²) in [6, 6.07) is 5.41. The Labute approximate surface area is 116 Å². The fraction of sp³-hybridized carbons (Fsp3) is 0.385. The van der Waals surface area contributed by atoms with E-state index in [-0.39, 0.29) is 11.9 Å². The summed E-state index contributed by atoms with van der Waals surface area (Å²) in [5.41, 5.74) is 1.89. The predicted molar refractivity (Wildman–Crippen MR) is 74.2 cm³/mol. The van der Waals surface area contributed by atoms with Crippen molar-refractivity contribution in [2.24, 2.45) is 7.05 Å². The summed E-state index contributed by atoms with van der Waals surface area (Å²) in [7, 11) is 1.95. The summed E-state index contributed by atoms with van der Waals surface area (Å²) in [5, 5.41) is 6.75. The van der Waals surface area contributed by atoms with Crippen LogP contribution in [-0.4, -0.2) is 34.6 Å². The molecule has 0 saturated carbocycles. The fourth-order valence-electron chi connectivity index (χ4n) is 2.39. The quantitative estimate of drug-likeness (QED) is 0.857. The number of rotatable bonds is 2. The van der Waals surface area contributed by atoms with Crippen LogP contribution in [0, 0.1) is 0 Å². The molecule has 6 heteroatoms. The van der Waals surface area contributed by atoms with E-state index < -0.39 is 0 Å². The van der Waals surface area contributed by atoms with Gasteiger partial charge in [0, 0.05) is 31.6 Å². The summed E-state index contributed by atoms with van der Waals surface area (Å²) in [5.74, 6) is 0.920. The van der Waals surface area contributed by atoms with Crippen molar-refractivity contribution in [1.29, 1.82) is 0 Å². The number of aromatic nitrogens is 2. The molecule has 1 fully saturated rings. The number of amides is 1. The van der Waals surface area contributed by atoms with Gasteiger partial charge in [0.1, 0.15) is 5.82 Å². The maximum Gasteiger partial charge on any atom is 0.237 e. The van der Waals surface area contributed by atoms with Crippen molar-refractivity contribution in [2.75, 3.05) is 13.1 Å². The van der Waals surface area contributed by atoms with Crippen molar-refractivity contribution >= 4 is 28.5 Å². The van der Waals surface area contributed by atoms with Crippen LogP contribution in [0.5, 0.6) is 0 Å². The minimum Gasteiger partial charge on any atom is -0.353 e. The van der Waals surface area contributed by atoms with Gasteiger partial charge in [-0.05, 0) is 18.2 Å². The van der Waals surface area contributed by atoms with Gasteiger partial charge < -0.3 is 15.2 Å². The van der Waals surface area contributed by atoms with Crippen LogP contribution in [0.4, 0.5) is 0 Å². The number of piperazine rings is 1. The van der Waals surface area contributed by atoms with Gasteiger partial charge in [-0.2, -0.15) is 0 Å². The van der Waals surface area contributed by atoms with E-state index in [2.05, 4.69) is 15.6 Å². The second-order valence-electron chi connectivity index (χ2n) is 4.72. The van der Waals surface area contributed by atoms with Gasteiger partial charge in [0.25, 0.3) is 0 Å². The molecule has 0 bridgehead atoms. The Kier molecular flexibility index (Phi) is 3.16. The van der Waals surface area contributed by atoms with Crippen LogP contribution in [-0.2, 0) is 18.3 Å². The first-order chi connectivity index (χ1) is 9.15. The summed E-state index contributed by atoms with van der Waals surface area (Å²) in [4.78, 5) is 16.3. The monoisotopic (exact) mass is 278 g/mol. The number of aryl methyl sites for hydroxylation is 1. The number of hydrogen-bond acceptors (Lipinski definition) is 3. The number of carbonyl (C=O) groups is 1. The third-order valence-electron chi connectivity index (χ3n) is 3.45. The highest BCUT2D eigenvalue weighted by atomic mass is 35.5. The Balaban J connectivity index is 1.92. The molecular weight excluding hydrogens is 264 g/mol. The van der Waals surface area contributed by atoms with E-state index in [4.69, 9.17) is 11.6 Å². The van der Waals surface area contributed by atoms with E-state index in [9.17, 15) is 4.79 Å². The summed E-state index contributed by atoms with van der Waals surface area (Å²) >= 11 is 6.00. The molecule has 19 heavy (non-hydrogen) atoms. The van der Waals surface area contributed by atoms with Crippen molar-refractivity contribution in [3.05, 3.63) is 29.0 Å². The van der Waals surface area contributed by atoms with E-state index in [1.807, 2.05) is 29.8 Å². The molecule has 1 aromatic heterocycles. The average molecular weight is 279 g/mol. The Morgan fingerprint density at radius 3 is 3.11 bits per heavy atom. The predicted octanol–water partition coefficient (Wildman–Crippen LogP) is 0.857. The van der Waals surface area contributed by atoms with Crippen LogP contribution >= 0.6 is 11.6 Å². The van der Waals surface area contributed by atoms with E-state index in [0.29, 0.717) is 18.0 Å². The molecule has 2 aromatic rings. The zero-order chi connectivity index (χ0) is 13.4. The van der Waals surface area contributed by atoms with Crippen molar-refractivity contribution in [1.82, 2.24) is 20.2 Å². The Hall–Kier alpha value is -1.59. The number of nitrogens with one attached hydrogen (secondary N) is 2. The van der Waals surface area contributed by atoms with Gasteiger partial charge in [0.05, 0.1) is 17.1 Å². The molecular formula is C13H15ClN4O. The van der Waals surface area contributed by atoms with Crippen LogP contribution in [0.3, 0.4) is 0 Å². The second kappa shape index (κ2) is 4.83. The molecule has 3 rings (SSSR count). The highest BCUT2D eigenvalue weighted by Crippen LogP contribution is 2.20. The molecule has 1 amide bonds. The smallest absolute Gasteiger partial charge is 0.237 e. The summed E-state index contributed by atoms with van der Waals surface area (Å²) in [6.45, 7) is 1.49. The van der Waals surface area contributed by atoms with E-state index >= 15 is 0 Å². The molecule has 5 nitrogen and oxygen atoms in total. The number of hydrogen-bond donors (Lipinski definition) is 2. The molecule has 1 atom stereocenters. The highest BCUT2D eigenvalue weighted by Gasteiger charge is 2.23. The number of halogens is 1. The third kappa shape index (κ3) is 2.31. The lowest BCUT2D eigenvalue weighted by molar-refractivity contribution is -0.124. The molecule has 1 aliphatic rings. The van der Waals surface area contributed by atoms with Gasteiger partial charge in [-0.25, -0.2) is 4.98 Å². The minimum atomic E-state index is -0.209. The van der Waals surface area contributed by atoms with Crippen LogP contribution in [0.25, 0.3) is 11.0 Å². The fourth-order valence-corrected chi connectivity index (χ4v) is 2.56. The topological polar surface area (TPSA) is 59.0 Å². The van der Waals surface area contributed by atoms with Crippen molar-refractivity contribution in [2.45, 2.75) is 12.5 Å². The SMILES string of the molecule is Cn1c(CC2NCCNC2=O)nc2ccc(Cl)cc21. The molecule has 2 heterocycles. The second-order valence-corrected chi connectivity index (χ2v) is 5.16. The van der Waals surface area contributed by atoms with Gasteiger partial charge in [-0.3, -0.25) is 4.79 Å².